The average Bonchev–Trinajstić information content (AvgIpc) is 2.93. The number of nitrogens with two attached hydrogens (primary N) is 1. The maximum atomic E-state index is 13.9. The summed E-state index contributed by atoms with van der Waals surface area (Å²) in [5, 5.41) is 8.72. The molecule has 0 saturated carbocycles. The minimum Gasteiger partial charge on any atom is -0.369 e. The molecule has 5 rings (SSSR count). The lowest BCUT2D eigenvalue weighted by atomic mass is 9.91. The molecule has 1 heterocycles. The number of pyridine rings is 1. The van der Waals surface area contributed by atoms with Crippen LogP contribution in [0.25, 0.3) is 22.0 Å². The fourth-order valence-electron chi connectivity index (χ4n) is 4.52. The van der Waals surface area contributed by atoms with Gasteiger partial charge in [-0.25, -0.2) is 0 Å². The molecular weight excluding hydrogens is 525 g/mol. The molecule has 0 aliphatic rings. The quantitative estimate of drug-likeness (QED) is 0.134. The number of hydrogen-bond acceptors (Lipinski definition) is 3. The van der Waals surface area contributed by atoms with Crippen LogP contribution in [0.2, 0.25) is 5.02 Å². The minimum atomic E-state index is -4.65. The summed E-state index contributed by atoms with van der Waals surface area (Å²) in [6.45, 7) is 0. The molecule has 1 aromatic heterocycles. The van der Waals surface area contributed by atoms with Gasteiger partial charge >= 0.3 is 6.18 Å². The molecule has 0 amide bonds. The first kappa shape index (κ1) is 25.9. The van der Waals surface area contributed by atoms with Gasteiger partial charge in [-0.05, 0) is 35.9 Å². The lowest BCUT2D eigenvalue weighted by Crippen LogP contribution is -2.32. The van der Waals surface area contributed by atoms with Gasteiger partial charge in [0, 0.05) is 34.0 Å². The molecule has 194 valence electrons. The molecule has 0 radical (unpaired) electrons. The Kier molecular flexibility index (Phi) is 6.80. The highest BCUT2D eigenvalue weighted by Gasteiger charge is 2.34. The number of fused-ring (bicyclic) bond motifs is 1. The van der Waals surface area contributed by atoms with Crippen molar-refractivity contribution >= 4 is 45.6 Å². The van der Waals surface area contributed by atoms with E-state index in [0.717, 1.165) is 6.07 Å². The molecule has 3 N–H and O–H groups in total. The first-order valence-electron chi connectivity index (χ1n) is 11.7. The maximum absolute atomic E-state index is 13.9. The van der Waals surface area contributed by atoms with Gasteiger partial charge in [0.2, 0.25) is 0 Å². The van der Waals surface area contributed by atoms with E-state index in [1.807, 2.05) is 0 Å². The van der Waals surface area contributed by atoms with Crippen molar-refractivity contribution < 1.29 is 18.0 Å². The van der Waals surface area contributed by atoms with E-state index in [0.29, 0.717) is 27.5 Å². The zero-order valence-electron chi connectivity index (χ0n) is 20.2. The second kappa shape index (κ2) is 10.2. The van der Waals surface area contributed by atoms with Crippen LogP contribution in [0.15, 0.2) is 103 Å². The molecule has 5 aromatic rings. The first-order chi connectivity index (χ1) is 18.7. The maximum Gasteiger partial charge on any atom is 0.418 e. The van der Waals surface area contributed by atoms with E-state index in [2.05, 4.69) is 4.98 Å². The summed E-state index contributed by atoms with van der Waals surface area (Å²) < 4.78 is 41.7. The normalized spacial score (nSPS) is 11.4. The molecule has 0 atom stereocenters. The lowest BCUT2D eigenvalue weighted by molar-refractivity contribution is -0.136. The van der Waals surface area contributed by atoms with Crippen molar-refractivity contribution in [2.24, 2.45) is 5.73 Å². The van der Waals surface area contributed by atoms with Crippen molar-refractivity contribution in [1.29, 1.82) is 5.41 Å². The molecule has 0 fully saturated rings. The van der Waals surface area contributed by atoms with Gasteiger partial charge in [0.1, 0.15) is 0 Å². The predicted octanol–water partition coefficient (Wildman–Crippen LogP) is 7.84. The summed E-state index contributed by atoms with van der Waals surface area (Å²) in [5.41, 5.74) is 6.86. The van der Waals surface area contributed by atoms with Gasteiger partial charge in [-0.15, -0.1) is 0 Å². The molecule has 0 aliphatic heterocycles. The Morgan fingerprint density at radius 2 is 1.59 bits per heavy atom. The predicted molar refractivity (Wildman–Crippen MR) is 148 cm³/mol. The van der Waals surface area contributed by atoms with Gasteiger partial charge in [-0.3, -0.25) is 20.1 Å². The largest absolute Gasteiger partial charge is 0.418 e. The number of carbonyl (C=O) groups is 1. The Morgan fingerprint density at radius 1 is 0.897 bits per heavy atom. The van der Waals surface area contributed by atoms with Crippen molar-refractivity contribution in [2.75, 3.05) is 4.90 Å². The van der Waals surface area contributed by atoms with Crippen molar-refractivity contribution in [3.63, 3.8) is 0 Å². The van der Waals surface area contributed by atoms with Crippen LogP contribution < -0.4 is 10.6 Å². The first-order valence-corrected chi connectivity index (χ1v) is 12.1. The van der Waals surface area contributed by atoms with Crippen LogP contribution in [-0.2, 0) is 6.18 Å². The molecule has 4 aromatic carbocycles. The summed E-state index contributed by atoms with van der Waals surface area (Å²) in [5.74, 6) is -0.711. The standard InChI is InChI=1S/C30H20ClF3N4O/c31-24-14-4-5-15-25(24)38(29(35)36)20-11-6-10-19(16-20)26-21-12-7-13-23(30(32,33)34)27(21)37-17-22(26)28(39)18-8-2-1-3-9-18/h1-17H,(H3,35,36). The molecule has 0 unspecified atom stereocenters. The molecule has 0 bridgehead atoms. The number of hydrogen-bond donors (Lipinski definition) is 2. The van der Waals surface area contributed by atoms with Crippen LogP contribution in [0, 0.1) is 5.41 Å². The smallest absolute Gasteiger partial charge is 0.369 e. The number of aromatic nitrogens is 1. The number of guanidine groups is 1. The Labute approximate surface area is 226 Å². The third kappa shape index (κ3) is 4.94. The van der Waals surface area contributed by atoms with Crippen LogP contribution in [0.3, 0.4) is 0 Å². The van der Waals surface area contributed by atoms with Gasteiger partial charge in [0.05, 0.1) is 21.8 Å². The lowest BCUT2D eigenvalue weighted by Gasteiger charge is -2.25. The summed E-state index contributed by atoms with van der Waals surface area (Å²) in [4.78, 5) is 19.1. The molecule has 9 heteroatoms. The minimum absolute atomic E-state index is 0.136. The summed E-state index contributed by atoms with van der Waals surface area (Å²) in [7, 11) is 0. The molecule has 0 saturated heterocycles. The highest BCUT2D eigenvalue weighted by atomic mass is 35.5. The SMILES string of the molecule is N=C(N)N(c1cccc(-c2c(C(=O)c3ccccc3)cnc3c(C(F)(F)F)cccc23)c1)c1ccccc1Cl. The van der Waals surface area contributed by atoms with Gasteiger partial charge in [0.15, 0.2) is 11.7 Å². The number of benzene rings is 4. The van der Waals surface area contributed by atoms with Crippen LogP contribution in [0.4, 0.5) is 24.5 Å². The molecule has 39 heavy (non-hydrogen) atoms. The van der Waals surface area contributed by atoms with E-state index in [9.17, 15) is 18.0 Å². The second-order valence-electron chi connectivity index (χ2n) is 8.66. The highest BCUT2D eigenvalue weighted by molar-refractivity contribution is 6.34. The number of nitrogens with one attached hydrogen (secondary N) is 1. The molecule has 0 spiro atoms. The Bertz CT molecular complexity index is 1720. The molecule has 0 aliphatic carbocycles. The van der Waals surface area contributed by atoms with Gasteiger partial charge in [0.25, 0.3) is 0 Å². The van der Waals surface area contributed by atoms with E-state index in [1.165, 1.54) is 23.2 Å². The number of nitrogens with zero attached hydrogens (tertiary/aromatic N) is 2. The van der Waals surface area contributed by atoms with Crippen molar-refractivity contribution in [2.45, 2.75) is 6.18 Å². The van der Waals surface area contributed by atoms with Crippen LogP contribution in [-0.4, -0.2) is 16.7 Å². The van der Waals surface area contributed by atoms with E-state index in [-0.39, 0.29) is 28.0 Å². The van der Waals surface area contributed by atoms with E-state index in [1.54, 1.807) is 78.9 Å². The summed E-state index contributed by atoms with van der Waals surface area (Å²) >= 11 is 6.39. The average molecular weight is 545 g/mol. The number of anilines is 2. The van der Waals surface area contributed by atoms with Crippen LogP contribution in [0.1, 0.15) is 21.5 Å². The number of ketones is 1. The van der Waals surface area contributed by atoms with E-state index in [4.69, 9.17) is 22.7 Å². The Morgan fingerprint density at radius 3 is 2.28 bits per heavy atom. The fraction of sp³-hybridized carbons (Fsp3) is 0.0333. The molecule has 5 nitrogen and oxygen atoms in total. The molecular formula is C30H20ClF3N4O. The van der Waals surface area contributed by atoms with Crippen LogP contribution >= 0.6 is 11.6 Å². The van der Waals surface area contributed by atoms with Crippen LogP contribution in [0.5, 0.6) is 0 Å². The number of rotatable bonds is 5. The van der Waals surface area contributed by atoms with Crippen molar-refractivity contribution in [3.05, 3.63) is 125 Å². The van der Waals surface area contributed by atoms with Gasteiger partial charge < -0.3 is 5.73 Å². The number of alkyl halides is 3. The van der Waals surface area contributed by atoms with Gasteiger partial charge in [-0.1, -0.05) is 78.3 Å². The zero-order valence-corrected chi connectivity index (χ0v) is 21.0. The van der Waals surface area contributed by atoms with Crippen molar-refractivity contribution in [1.82, 2.24) is 4.98 Å². The number of para-hydroxylation sites is 2. The Balaban J connectivity index is 1.79. The van der Waals surface area contributed by atoms with E-state index >= 15 is 0 Å². The van der Waals surface area contributed by atoms with Crippen molar-refractivity contribution in [3.8, 4) is 11.1 Å². The summed E-state index contributed by atoms with van der Waals surface area (Å²) in [6, 6.07) is 25.7. The zero-order chi connectivity index (χ0) is 27.7. The van der Waals surface area contributed by atoms with Gasteiger partial charge in [-0.2, -0.15) is 13.2 Å². The second-order valence-corrected chi connectivity index (χ2v) is 9.07. The van der Waals surface area contributed by atoms with E-state index < -0.39 is 17.5 Å². The third-order valence-electron chi connectivity index (χ3n) is 6.21. The monoisotopic (exact) mass is 544 g/mol. The Hall–Kier alpha value is -4.69. The number of carbonyl (C=O) groups excluding carboxylic acids is 1. The third-order valence-corrected chi connectivity index (χ3v) is 6.53. The fourth-order valence-corrected chi connectivity index (χ4v) is 4.74. The number of halogens is 4. The topological polar surface area (TPSA) is 83.1 Å². The highest BCUT2D eigenvalue weighted by Crippen LogP contribution is 2.40. The summed E-state index contributed by atoms with van der Waals surface area (Å²) in [6.07, 6.45) is -3.46.